The van der Waals surface area contributed by atoms with Crippen LogP contribution >= 0.6 is 0 Å². The van der Waals surface area contributed by atoms with Crippen molar-refractivity contribution in [1.29, 1.82) is 0 Å². The van der Waals surface area contributed by atoms with Crippen LogP contribution in [0, 0.1) is 0 Å². The lowest BCUT2D eigenvalue weighted by Crippen LogP contribution is -2.36. The second-order valence-electron chi connectivity index (χ2n) is 7.83. The highest BCUT2D eigenvalue weighted by molar-refractivity contribution is 6.12. The van der Waals surface area contributed by atoms with E-state index in [0.717, 1.165) is 10.9 Å². The Balaban J connectivity index is 1.58. The Kier molecular flexibility index (Phi) is 4.88. The Morgan fingerprint density at radius 3 is 2.64 bits per heavy atom. The molecule has 1 atom stereocenters. The molecule has 162 valence electrons. The standard InChI is InChI=1S/C24H19N7O2/c1-2-24(29-30-25)19-9-5-6-10-21(19)31(23(24)33)16-11-15(13-26-14-16)12-20-17-7-3-4-8-18(17)22(32)28-27-20/h3-11,13-14H,2,12H2,1H3,(H,28,32). The van der Waals surface area contributed by atoms with Crippen molar-refractivity contribution in [2.45, 2.75) is 25.3 Å². The van der Waals surface area contributed by atoms with Crippen molar-refractivity contribution >= 4 is 28.1 Å². The quantitative estimate of drug-likeness (QED) is 0.280. The van der Waals surface area contributed by atoms with Gasteiger partial charge in [0.05, 0.1) is 28.7 Å². The fraction of sp³-hybridized carbons (Fsp3) is 0.167. The van der Waals surface area contributed by atoms with Crippen LogP contribution in [0.2, 0.25) is 0 Å². The molecular weight excluding hydrogens is 418 g/mol. The van der Waals surface area contributed by atoms with E-state index in [9.17, 15) is 15.1 Å². The molecule has 0 bridgehead atoms. The average Bonchev–Trinajstić information content (AvgIpc) is 3.09. The van der Waals surface area contributed by atoms with Crippen molar-refractivity contribution in [3.8, 4) is 0 Å². The first kappa shape index (κ1) is 20.4. The molecule has 3 heterocycles. The van der Waals surface area contributed by atoms with Crippen LogP contribution in [0.1, 0.15) is 30.2 Å². The number of aromatic amines is 1. The molecule has 9 heteroatoms. The maximum atomic E-state index is 13.6. The van der Waals surface area contributed by atoms with Crippen LogP contribution < -0.4 is 10.5 Å². The zero-order valence-electron chi connectivity index (χ0n) is 17.8. The van der Waals surface area contributed by atoms with E-state index in [1.165, 1.54) is 0 Å². The third-order valence-electron chi connectivity index (χ3n) is 6.06. The minimum atomic E-state index is -1.29. The molecule has 9 nitrogen and oxygen atoms in total. The number of aromatic nitrogens is 3. The maximum absolute atomic E-state index is 13.6. The second-order valence-corrected chi connectivity index (χ2v) is 7.83. The number of hydrogen-bond acceptors (Lipinski definition) is 5. The summed E-state index contributed by atoms with van der Waals surface area (Å²) in [5, 5.41) is 12.1. The molecule has 0 radical (unpaired) electrons. The van der Waals surface area contributed by atoms with Crippen molar-refractivity contribution in [2.75, 3.05) is 4.90 Å². The van der Waals surface area contributed by atoms with Crippen molar-refractivity contribution in [2.24, 2.45) is 5.11 Å². The molecule has 1 N–H and O–H groups in total. The molecule has 0 saturated carbocycles. The van der Waals surface area contributed by atoms with Crippen LogP contribution in [0.5, 0.6) is 0 Å². The van der Waals surface area contributed by atoms with Gasteiger partial charge in [0.25, 0.3) is 5.56 Å². The van der Waals surface area contributed by atoms with E-state index in [1.54, 1.807) is 23.4 Å². The average molecular weight is 437 g/mol. The van der Waals surface area contributed by atoms with Gasteiger partial charge in [-0.1, -0.05) is 48.4 Å². The minimum Gasteiger partial charge on any atom is -0.278 e. The molecule has 2 aromatic carbocycles. The van der Waals surface area contributed by atoms with Gasteiger partial charge in [0.15, 0.2) is 5.54 Å². The van der Waals surface area contributed by atoms with E-state index in [-0.39, 0.29) is 11.5 Å². The topological polar surface area (TPSA) is 128 Å². The molecule has 0 saturated heterocycles. The number of pyridine rings is 1. The summed E-state index contributed by atoms with van der Waals surface area (Å²) >= 11 is 0. The summed E-state index contributed by atoms with van der Waals surface area (Å²) in [6.45, 7) is 1.83. The molecule has 1 aliphatic rings. The minimum absolute atomic E-state index is 0.241. The predicted octanol–water partition coefficient (Wildman–Crippen LogP) is 4.50. The van der Waals surface area contributed by atoms with E-state index < -0.39 is 5.54 Å². The smallest absolute Gasteiger partial charge is 0.272 e. The number of hydrogen-bond donors (Lipinski definition) is 1. The number of carbonyl (C=O) groups excluding carboxylic acids is 1. The van der Waals surface area contributed by atoms with Crippen molar-refractivity contribution in [3.05, 3.63) is 105 Å². The Hall–Kier alpha value is -4.49. The fourth-order valence-corrected chi connectivity index (χ4v) is 4.46. The Labute approximate surface area is 188 Å². The van der Waals surface area contributed by atoms with Gasteiger partial charge in [-0.2, -0.15) is 5.10 Å². The van der Waals surface area contributed by atoms with Crippen molar-refractivity contribution in [3.63, 3.8) is 0 Å². The second kappa shape index (κ2) is 7.89. The van der Waals surface area contributed by atoms with Crippen LogP contribution in [-0.2, 0) is 16.8 Å². The zero-order valence-corrected chi connectivity index (χ0v) is 17.8. The number of anilines is 2. The number of amides is 1. The monoisotopic (exact) mass is 437 g/mol. The van der Waals surface area contributed by atoms with Crippen LogP contribution in [-0.4, -0.2) is 21.1 Å². The molecule has 4 aromatic rings. The number of para-hydroxylation sites is 1. The molecule has 0 spiro atoms. The molecule has 1 amide bonds. The first-order valence-electron chi connectivity index (χ1n) is 10.5. The van der Waals surface area contributed by atoms with Crippen molar-refractivity contribution in [1.82, 2.24) is 15.2 Å². The van der Waals surface area contributed by atoms with Crippen LogP contribution in [0.25, 0.3) is 21.2 Å². The van der Waals surface area contributed by atoms with Crippen molar-refractivity contribution < 1.29 is 4.79 Å². The van der Waals surface area contributed by atoms with Gasteiger partial charge < -0.3 is 0 Å². The van der Waals surface area contributed by atoms with E-state index in [4.69, 9.17) is 0 Å². The summed E-state index contributed by atoms with van der Waals surface area (Å²) in [5.74, 6) is -0.310. The summed E-state index contributed by atoms with van der Waals surface area (Å²) in [6.07, 6.45) is 4.07. The van der Waals surface area contributed by atoms with E-state index in [2.05, 4.69) is 25.2 Å². The van der Waals surface area contributed by atoms with E-state index >= 15 is 0 Å². The van der Waals surface area contributed by atoms with Gasteiger partial charge in [0, 0.05) is 22.9 Å². The lowest BCUT2D eigenvalue weighted by molar-refractivity contribution is -0.122. The molecule has 0 fully saturated rings. The number of carbonyl (C=O) groups is 1. The molecule has 1 aliphatic heterocycles. The lowest BCUT2D eigenvalue weighted by Gasteiger charge is -2.22. The zero-order chi connectivity index (χ0) is 23.0. The summed E-state index contributed by atoms with van der Waals surface area (Å²) < 4.78 is 0. The van der Waals surface area contributed by atoms with Gasteiger partial charge in [0.2, 0.25) is 5.91 Å². The van der Waals surface area contributed by atoms with Gasteiger partial charge in [-0.05, 0) is 41.3 Å². The number of rotatable bonds is 5. The summed E-state index contributed by atoms with van der Waals surface area (Å²) in [6, 6.07) is 16.5. The molecule has 0 aliphatic carbocycles. The SMILES string of the molecule is CCC1(N=[N+]=[N-])C(=O)N(c2cncc(Cc3n[nH]c(=O)c4ccccc34)c2)c2ccccc21. The molecular formula is C24H19N7O2. The first-order valence-corrected chi connectivity index (χ1v) is 10.5. The molecule has 33 heavy (non-hydrogen) atoms. The number of fused-ring (bicyclic) bond motifs is 2. The van der Waals surface area contributed by atoms with Gasteiger partial charge in [-0.25, -0.2) is 5.10 Å². The predicted molar refractivity (Wildman–Crippen MR) is 124 cm³/mol. The highest BCUT2D eigenvalue weighted by atomic mass is 16.2. The molecule has 5 rings (SSSR count). The lowest BCUT2D eigenvalue weighted by atomic mass is 9.90. The number of nitrogens with zero attached hydrogens (tertiary/aromatic N) is 6. The van der Waals surface area contributed by atoms with Crippen LogP contribution in [0.15, 0.2) is 76.9 Å². The Bertz CT molecular complexity index is 1510. The summed E-state index contributed by atoms with van der Waals surface area (Å²) in [5.41, 5.74) is 11.1. The van der Waals surface area contributed by atoms with Gasteiger partial charge in [-0.15, -0.1) is 0 Å². The molecule has 2 aromatic heterocycles. The number of azide groups is 1. The van der Waals surface area contributed by atoms with E-state index in [0.29, 0.717) is 40.9 Å². The fourth-order valence-electron chi connectivity index (χ4n) is 4.46. The Morgan fingerprint density at radius 2 is 1.85 bits per heavy atom. The third-order valence-corrected chi connectivity index (χ3v) is 6.06. The van der Waals surface area contributed by atoms with Gasteiger partial charge in [-0.3, -0.25) is 19.5 Å². The largest absolute Gasteiger partial charge is 0.278 e. The highest BCUT2D eigenvalue weighted by Crippen LogP contribution is 2.48. The summed E-state index contributed by atoms with van der Waals surface area (Å²) in [7, 11) is 0. The number of benzene rings is 2. The van der Waals surface area contributed by atoms with Gasteiger partial charge >= 0.3 is 0 Å². The van der Waals surface area contributed by atoms with Gasteiger partial charge in [0.1, 0.15) is 0 Å². The van der Waals surface area contributed by atoms with E-state index in [1.807, 2.05) is 55.5 Å². The summed E-state index contributed by atoms with van der Waals surface area (Å²) in [4.78, 5) is 34.6. The third kappa shape index (κ3) is 3.14. The highest BCUT2D eigenvalue weighted by Gasteiger charge is 2.50. The normalized spacial score (nSPS) is 17.1. The van der Waals surface area contributed by atoms with Crippen LogP contribution in [0.3, 0.4) is 0 Å². The van der Waals surface area contributed by atoms with Crippen LogP contribution in [0.4, 0.5) is 11.4 Å². The first-order chi connectivity index (χ1) is 16.1. The Morgan fingerprint density at radius 1 is 1.09 bits per heavy atom. The molecule has 1 unspecified atom stereocenters. The number of nitrogens with one attached hydrogen (secondary N) is 1. The maximum Gasteiger partial charge on any atom is 0.272 e. The number of H-pyrrole nitrogens is 1.